The number of halogens is 1. The minimum atomic E-state index is -0.544. The highest BCUT2D eigenvalue weighted by molar-refractivity contribution is 6.01. The molecule has 1 aliphatic heterocycles. The molecule has 0 spiro atoms. The molecule has 0 aliphatic carbocycles. The van der Waals surface area contributed by atoms with Crippen LogP contribution in [-0.4, -0.2) is 71.2 Å². The van der Waals surface area contributed by atoms with Gasteiger partial charge in [-0.05, 0) is 19.2 Å². The molecule has 2 heterocycles. The van der Waals surface area contributed by atoms with Crippen LogP contribution >= 0.6 is 0 Å². The molecule has 9 heteroatoms. The van der Waals surface area contributed by atoms with Crippen LogP contribution in [-0.2, 0) is 13.6 Å². The molecular formula is C23H27FN6O2. The normalized spacial score (nSPS) is 14.7. The fourth-order valence-corrected chi connectivity index (χ4v) is 3.99. The summed E-state index contributed by atoms with van der Waals surface area (Å²) in [4.78, 5) is 31.0. The average molecular weight is 439 g/mol. The van der Waals surface area contributed by atoms with Crippen molar-refractivity contribution < 1.29 is 14.0 Å². The van der Waals surface area contributed by atoms with Gasteiger partial charge in [0.1, 0.15) is 5.82 Å². The fourth-order valence-electron chi connectivity index (χ4n) is 3.99. The van der Waals surface area contributed by atoms with Crippen molar-refractivity contribution >= 4 is 28.4 Å². The molecule has 0 atom stereocenters. The van der Waals surface area contributed by atoms with E-state index in [0.717, 1.165) is 24.0 Å². The Morgan fingerprint density at radius 3 is 2.56 bits per heavy atom. The molecule has 0 radical (unpaired) electrons. The third kappa shape index (κ3) is 4.21. The number of benzene rings is 2. The number of para-hydroxylation sites is 1. The van der Waals surface area contributed by atoms with Gasteiger partial charge >= 0.3 is 6.03 Å². The van der Waals surface area contributed by atoms with E-state index in [1.165, 1.54) is 6.07 Å². The van der Waals surface area contributed by atoms with Crippen LogP contribution in [0.15, 0.2) is 42.6 Å². The summed E-state index contributed by atoms with van der Waals surface area (Å²) >= 11 is 0. The molecule has 3 aromatic rings. The highest BCUT2D eigenvalue weighted by atomic mass is 19.1. The molecule has 1 saturated heterocycles. The van der Waals surface area contributed by atoms with Gasteiger partial charge in [0.05, 0.1) is 30.5 Å². The number of amides is 2. The Labute approximate surface area is 186 Å². The number of hydrogen-bond donors (Lipinski definition) is 1. The van der Waals surface area contributed by atoms with Gasteiger partial charge in [-0.25, -0.2) is 9.18 Å². The minimum absolute atomic E-state index is 0.0262. The highest BCUT2D eigenvalue weighted by Gasteiger charge is 2.28. The molecule has 32 heavy (non-hydrogen) atoms. The Bertz CT molecular complexity index is 1150. The number of piperazine rings is 1. The van der Waals surface area contributed by atoms with Crippen molar-refractivity contribution in [2.24, 2.45) is 12.8 Å². The van der Waals surface area contributed by atoms with Gasteiger partial charge < -0.3 is 15.5 Å². The lowest BCUT2D eigenvalue weighted by Crippen LogP contribution is -2.52. The number of carbonyl (C=O) groups excluding carboxylic acids is 2. The number of anilines is 1. The van der Waals surface area contributed by atoms with Crippen LogP contribution in [0.1, 0.15) is 15.9 Å². The van der Waals surface area contributed by atoms with Crippen LogP contribution in [0.25, 0.3) is 10.9 Å². The van der Waals surface area contributed by atoms with Crippen molar-refractivity contribution in [3.63, 3.8) is 0 Å². The molecule has 0 saturated carbocycles. The number of rotatable bonds is 5. The molecule has 1 aliphatic rings. The number of nitrogens with two attached hydrogens (primary N) is 1. The van der Waals surface area contributed by atoms with E-state index in [4.69, 9.17) is 5.73 Å². The summed E-state index contributed by atoms with van der Waals surface area (Å²) in [6, 6.07) is 9.74. The monoisotopic (exact) mass is 438 g/mol. The first-order valence-electron chi connectivity index (χ1n) is 10.6. The smallest absolute Gasteiger partial charge is 0.324 e. The van der Waals surface area contributed by atoms with Gasteiger partial charge in [0.2, 0.25) is 0 Å². The van der Waals surface area contributed by atoms with Crippen molar-refractivity contribution in [2.75, 3.05) is 44.7 Å². The van der Waals surface area contributed by atoms with Gasteiger partial charge in [0.15, 0.2) is 5.78 Å². The zero-order chi connectivity index (χ0) is 22.8. The average Bonchev–Trinajstić information content (AvgIpc) is 3.19. The van der Waals surface area contributed by atoms with Gasteiger partial charge in [0, 0.05) is 49.7 Å². The Morgan fingerprint density at radius 1 is 1.12 bits per heavy atom. The van der Waals surface area contributed by atoms with E-state index < -0.39 is 5.82 Å². The largest absolute Gasteiger partial charge is 0.324 e. The number of hydrogen-bond acceptors (Lipinski definition) is 5. The van der Waals surface area contributed by atoms with Gasteiger partial charge in [0.25, 0.3) is 0 Å². The summed E-state index contributed by atoms with van der Waals surface area (Å²) in [5.41, 5.74) is 7.39. The number of carbonyl (C=O) groups is 2. The quantitative estimate of drug-likeness (QED) is 0.618. The summed E-state index contributed by atoms with van der Waals surface area (Å²) in [6.07, 6.45) is 1.74. The molecule has 0 bridgehead atoms. The second-order valence-corrected chi connectivity index (χ2v) is 8.08. The molecule has 1 fully saturated rings. The summed E-state index contributed by atoms with van der Waals surface area (Å²) in [5, 5.41) is 5.21. The van der Waals surface area contributed by atoms with Gasteiger partial charge in [-0.15, -0.1) is 0 Å². The molecule has 0 unspecified atom stereocenters. The SMILES string of the molecule is CN1CCN(C(=O)N(Cc2ccc(C(=O)CN)cc2F)c2cccc3cnn(C)c23)CC1. The summed E-state index contributed by atoms with van der Waals surface area (Å²) in [7, 11) is 3.84. The number of aryl methyl sites for hydroxylation is 1. The number of aromatic nitrogens is 2. The summed E-state index contributed by atoms with van der Waals surface area (Å²) in [5.74, 6) is -0.877. The van der Waals surface area contributed by atoms with E-state index >= 15 is 0 Å². The van der Waals surface area contributed by atoms with Crippen molar-refractivity contribution in [3.8, 4) is 0 Å². The second-order valence-electron chi connectivity index (χ2n) is 8.08. The van der Waals surface area contributed by atoms with Crippen LogP contribution in [0.2, 0.25) is 0 Å². The maximum atomic E-state index is 14.9. The molecule has 2 N–H and O–H groups in total. The number of likely N-dealkylation sites (N-methyl/N-ethyl adjacent to an activating group) is 1. The van der Waals surface area contributed by atoms with Gasteiger partial charge in [-0.3, -0.25) is 14.4 Å². The third-order valence-corrected chi connectivity index (χ3v) is 5.92. The lowest BCUT2D eigenvalue weighted by atomic mass is 10.1. The Hall–Kier alpha value is -3.30. The highest BCUT2D eigenvalue weighted by Crippen LogP contribution is 2.29. The summed E-state index contributed by atoms with van der Waals surface area (Å²) < 4.78 is 16.7. The molecule has 168 valence electrons. The van der Waals surface area contributed by atoms with E-state index in [-0.39, 0.29) is 30.5 Å². The maximum absolute atomic E-state index is 14.9. The maximum Gasteiger partial charge on any atom is 0.324 e. The molecule has 4 rings (SSSR count). The molecule has 2 amide bonds. The van der Waals surface area contributed by atoms with Crippen LogP contribution in [0.4, 0.5) is 14.9 Å². The Morgan fingerprint density at radius 2 is 1.88 bits per heavy atom. The molecular weight excluding hydrogens is 411 g/mol. The van der Waals surface area contributed by atoms with E-state index in [9.17, 15) is 14.0 Å². The number of ketones is 1. The number of fused-ring (bicyclic) bond motifs is 1. The third-order valence-electron chi connectivity index (χ3n) is 5.92. The lowest BCUT2D eigenvalue weighted by molar-refractivity contribution is 0.100. The molecule has 8 nitrogen and oxygen atoms in total. The molecule has 1 aromatic heterocycles. The van der Waals surface area contributed by atoms with Crippen molar-refractivity contribution in [1.82, 2.24) is 19.6 Å². The van der Waals surface area contributed by atoms with E-state index in [2.05, 4.69) is 10.00 Å². The summed E-state index contributed by atoms with van der Waals surface area (Å²) in [6.45, 7) is 2.59. The van der Waals surface area contributed by atoms with Crippen LogP contribution in [0.5, 0.6) is 0 Å². The number of nitrogens with zero attached hydrogens (tertiary/aromatic N) is 5. The van der Waals surface area contributed by atoms with E-state index in [1.807, 2.05) is 32.3 Å². The first-order chi connectivity index (χ1) is 15.4. The van der Waals surface area contributed by atoms with Crippen LogP contribution in [0, 0.1) is 5.82 Å². The number of urea groups is 1. The predicted octanol–water partition coefficient (Wildman–Crippen LogP) is 2.23. The van der Waals surface area contributed by atoms with Crippen molar-refractivity contribution in [2.45, 2.75) is 6.54 Å². The van der Waals surface area contributed by atoms with E-state index in [0.29, 0.717) is 24.3 Å². The van der Waals surface area contributed by atoms with Crippen LogP contribution in [0.3, 0.4) is 0 Å². The lowest BCUT2D eigenvalue weighted by Gasteiger charge is -2.36. The molecule has 2 aromatic carbocycles. The van der Waals surface area contributed by atoms with Crippen LogP contribution < -0.4 is 10.6 Å². The van der Waals surface area contributed by atoms with Crippen molar-refractivity contribution in [3.05, 3.63) is 59.5 Å². The fraction of sp³-hybridized carbons (Fsp3) is 0.348. The zero-order valence-corrected chi connectivity index (χ0v) is 18.3. The number of Topliss-reactive ketones (excluding diaryl/α,β-unsaturated/α-hetero) is 1. The topological polar surface area (TPSA) is 87.7 Å². The Kier molecular flexibility index (Phi) is 6.20. The predicted molar refractivity (Wildman–Crippen MR) is 121 cm³/mol. The van der Waals surface area contributed by atoms with Crippen molar-refractivity contribution in [1.29, 1.82) is 0 Å². The second kappa shape index (κ2) is 9.05. The van der Waals surface area contributed by atoms with Gasteiger partial charge in [-0.1, -0.05) is 24.3 Å². The standard InChI is InChI=1S/C23H27FN6O2/c1-27-8-10-29(11-9-27)23(32)30(20-5-3-4-17-14-26-28(2)22(17)20)15-18-7-6-16(12-19(18)24)21(31)13-25/h3-7,12,14H,8-11,13,15,25H2,1-2H3. The first-order valence-corrected chi connectivity index (χ1v) is 10.6. The Balaban J connectivity index is 1.73. The van der Waals surface area contributed by atoms with E-state index in [1.54, 1.807) is 32.8 Å². The minimum Gasteiger partial charge on any atom is -0.324 e. The zero-order valence-electron chi connectivity index (χ0n) is 18.3. The van der Waals surface area contributed by atoms with Gasteiger partial charge in [-0.2, -0.15) is 5.10 Å². The first kappa shape index (κ1) is 21.9.